The zero-order valence-electron chi connectivity index (χ0n) is 9.57. The predicted molar refractivity (Wildman–Crippen MR) is 68.0 cm³/mol. The van der Waals surface area contributed by atoms with Crippen molar-refractivity contribution in [3.8, 4) is 0 Å². The van der Waals surface area contributed by atoms with E-state index in [0.29, 0.717) is 23.0 Å². The molecule has 1 amide bonds. The summed E-state index contributed by atoms with van der Waals surface area (Å²) >= 11 is 5.81. The van der Waals surface area contributed by atoms with Crippen LogP contribution in [0.2, 0.25) is 5.02 Å². The van der Waals surface area contributed by atoms with Gasteiger partial charge in [0.15, 0.2) is 0 Å². The van der Waals surface area contributed by atoms with E-state index in [4.69, 9.17) is 22.1 Å². The number of nitrogens with two attached hydrogens (primary N) is 1. The smallest absolute Gasteiger partial charge is 0.229 e. The van der Waals surface area contributed by atoms with Gasteiger partial charge in [-0.1, -0.05) is 11.6 Å². The summed E-state index contributed by atoms with van der Waals surface area (Å²) in [5.41, 5.74) is 6.79. The molecule has 0 spiro atoms. The maximum absolute atomic E-state index is 11.9. The van der Waals surface area contributed by atoms with Crippen LogP contribution < -0.4 is 11.1 Å². The maximum Gasteiger partial charge on any atom is 0.229 e. The molecule has 1 heterocycles. The molecule has 2 atom stereocenters. The Bertz CT molecular complexity index is 437. The Balaban J connectivity index is 2.00. The Morgan fingerprint density at radius 3 is 2.94 bits per heavy atom. The summed E-state index contributed by atoms with van der Waals surface area (Å²) in [5, 5.41) is 3.30. The van der Waals surface area contributed by atoms with Gasteiger partial charge in [0, 0.05) is 5.69 Å². The molecule has 2 rings (SSSR count). The molecule has 1 aromatic rings. The average Bonchev–Trinajstić information content (AvgIpc) is 2.70. The molecule has 1 saturated heterocycles. The number of ether oxygens (including phenoxy) is 1. The molecular formula is C12H15ClN2O2. The number of carbonyl (C=O) groups is 1. The van der Waals surface area contributed by atoms with Crippen LogP contribution in [0.25, 0.3) is 0 Å². The Morgan fingerprint density at radius 2 is 2.35 bits per heavy atom. The van der Waals surface area contributed by atoms with E-state index in [-0.39, 0.29) is 17.9 Å². The monoisotopic (exact) mass is 254 g/mol. The number of hydrogen-bond acceptors (Lipinski definition) is 3. The van der Waals surface area contributed by atoms with Crippen LogP contribution in [-0.4, -0.2) is 18.6 Å². The van der Waals surface area contributed by atoms with Gasteiger partial charge >= 0.3 is 0 Å². The molecule has 2 unspecified atom stereocenters. The Labute approximate surface area is 105 Å². The van der Waals surface area contributed by atoms with Gasteiger partial charge in [0.2, 0.25) is 5.91 Å². The van der Waals surface area contributed by atoms with Gasteiger partial charge in [0.1, 0.15) is 0 Å². The second-order valence-corrected chi connectivity index (χ2v) is 4.71. The fourth-order valence-electron chi connectivity index (χ4n) is 1.87. The van der Waals surface area contributed by atoms with E-state index in [1.54, 1.807) is 18.2 Å². The molecule has 17 heavy (non-hydrogen) atoms. The topological polar surface area (TPSA) is 64.4 Å². The highest BCUT2D eigenvalue weighted by atomic mass is 35.5. The second kappa shape index (κ2) is 4.94. The fourth-order valence-corrected chi connectivity index (χ4v) is 1.98. The van der Waals surface area contributed by atoms with Gasteiger partial charge in [-0.25, -0.2) is 0 Å². The van der Waals surface area contributed by atoms with Crippen LogP contribution in [-0.2, 0) is 9.53 Å². The summed E-state index contributed by atoms with van der Waals surface area (Å²) in [4.78, 5) is 11.9. The predicted octanol–water partition coefficient (Wildman–Crippen LogP) is 2.29. The lowest BCUT2D eigenvalue weighted by Crippen LogP contribution is -2.23. The number of carbonyl (C=O) groups excluding carboxylic acids is 1. The third-order valence-electron chi connectivity index (χ3n) is 2.83. The van der Waals surface area contributed by atoms with Crippen LogP contribution in [0.4, 0.5) is 11.4 Å². The van der Waals surface area contributed by atoms with Crippen LogP contribution in [0.3, 0.4) is 0 Å². The van der Waals surface area contributed by atoms with Crippen LogP contribution in [0.15, 0.2) is 18.2 Å². The molecule has 4 nitrogen and oxygen atoms in total. The molecular weight excluding hydrogens is 240 g/mol. The molecule has 1 aliphatic rings. The molecule has 0 aromatic heterocycles. The summed E-state index contributed by atoms with van der Waals surface area (Å²) in [6, 6.07) is 5.05. The van der Waals surface area contributed by atoms with Gasteiger partial charge in [0.25, 0.3) is 0 Å². The molecule has 0 aliphatic carbocycles. The second-order valence-electron chi connectivity index (χ2n) is 4.30. The van der Waals surface area contributed by atoms with Gasteiger partial charge in [-0.05, 0) is 31.5 Å². The number of hydrogen-bond donors (Lipinski definition) is 2. The van der Waals surface area contributed by atoms with Gasteiger partial charge < -0.3 is 15.8 Å². The Hall–Kier alpha value is -1.26. The number of amides is 1. The summed E-state index contributed by atoms with van der Waals surface area (Å²) in [6.45, 7) is 2.45. The van der Waals surface area contributed by atoms with Crippen LogP contribution in [0.1, 0.15) is 13.3 Å². The minimum absolute atomic E-state index is 0.0314. The first kappa shape index (κ1) is 12.2. The molecule has 0 saturated carbocycles. The van der Waals surface area contributed by atoms with E-state index < -0.39 is 0 Å². The number of halogens is 1. The van der Waals surface area contributed by atoms with Crippen molar-refractivity contribution < 1.29 is 9.53 Å². The first-order valence-corrected chi connectivity index (χ1v) is 5.91. The normalized spacial score (nSPS) is 23.6. The number of rotatable bonds is 2. The zero-order chi connectivity index (χ0) is 12.4. The van der Waals surface area contributed by atoms with Crippen molar-refractivity contribution in [3.63, 3.8) is 0 Å². The molecule has 0 bridgehead atoms. The first-order valence-electron chi connectivity index (χ1n) is 5.53. The van der Waals surface area contributed by atoms with Gasteiger partial charge in [-0.2, -0.15) is 0 Å². The van der Waals surface area contributed by atoms with Crippen molar-refractivity contribution in [1.29, 1.82) is 0 Å². The number of nitrogens with one attached hydrogen (secondary N) is 1. The van der Waals surface area contributed by atoms with Gasteiger partial charge in [-0.3, -0.25) is 4.79 Å². The standard InChI is InChI=1S/C12H15ClN2O2/c1-7-4-8(6-17-7)12(16)15-9-2-3-10(13)11(14)5-9/h2-3,5,7-8H,4,6,14H2,1H3,(H,15,16). The molecule has 1 aliphatic heterocycles. The average molecular weight is 255 g/mol. The van der Waals surface area contributed by atoms with Crippen molar-refractivity contribution in [2.75, 3.05) is 17.7 Å². The lowest BCUT2D eigenvalue weighted by Gasteiger charge is -2.10. The van der Waals surface area contributed by atoms with Crippen molar-refractivity contribution in [1.82, 2.24) is 0 Å². The Morgan fingerprint density at radius 1 is 1.59 bits per heavy atom. The van der Waals surface area contributed by atoms with E-state index in [1.807, 2.05) is 6.92 Å². The lowest BCUT2D eigenvalue weighted by molar-refractivity contribution is -0.119. The molecule has 1 aromatic carbocycles. The minimum atomic E-state index is -0.0816. The molecule has 92 valence electrons. The van der Waals surface area contributed by atoms with E-state index >= 15 is 0 Å². The van der Waals surface area contributed by atoms with Crippen LogP contribution in [0, 0.1) is 5.92 Å². The van der Waals surface area contributed by atoms with Crippen molar-refractivity contribution in [3.05, 3.63) is 23.2 Å². The minimum Gasteiger partial charge on any atom is -0.397 e. The number of nitrogen functional groups attached to an aromatic ring is 1. The fraction of sp³-hybridized carbons (Fsp3) is 0.417. The summed E-state index contributed by atoms with van der Waals surface area (Å²) < 4.78 is 5.36. The molecule has 1 fully saturated rings. The Kier molecular flexibility index (Phi) is 3.54. The van der Waals surface area contributed by atoms with Crippen LogP contribution >= 0.6 is 11.6 Å². The van der Waals surface area contributed by atoms with Crippen molar-refractivity contribution in [2.45, 2.75) is 19.4 Å². The molecule has 5 heteroatoms. The molecule has 3 N–H and O–H groups in total. The summed E-state index contributed by atoms with van der Waals surface area (Å²) in [5.74, 6) is -0.113. The highest BCUT2D eigenvalue weighted by Gasteiger charge is 2.28. The van der Waals surface area contributed by atoms with Crippen molar-refractivity contribution in [2.24, 2.45) is 5.92 Å². The summed E-state index contributed by atoms with van der Waals surface area (Å²) in [6.07, 6.45) is 0.913. The van der Waals surface area contributed by atoms with Gasteiger partial charge in [0.05, 0.1) is 29.3 Å². The number of anilines is 2. The molecule has 0 radical (unpaired) electrons. The quantitative estimate of drug-likeness (QED) is 0.796. The SMILES string of the molecule is CC1CC(C(=O)Nc2ccc(Cl)c(N)c2)CO1. The van der Waals surface area contributed by atoms with E-state index in [9.17, 15) is 4.79 Å². The van der Waals surface area contributed by atoms with E-state index in [0.717, 1.165) is 6.42 Å². The van der Waals surface area contributed by atoms with E-state index in [1.165, 1.54) is 0 Å². The van der Waals surface area contributed by atoms with Crippen molar-refractivity contribution >= 4 is 28.9 Å². The van der Waals surface area contributed by atoms with Gasteiger partial charge in [-0.15, -0.1) is 0 Å². The number of benzene rings is 1. The largest absolute Gasteiger partial charge is 0.397 e. The zero-order valence-corrected chi connectivity index (χ0v) is 10.3. The highest BCUT2D eigenvalue weighted by molar-refractivity contribution is 6.33. The van der Waals surface area contributed by atoms with Crippen LogP contribution in [0.5, 0.6) is 0 Å². The lowest BCUT2D eigenvalue weighted by atomic mass is 10.1. The third kappa shape index (κ3) is 2.90. The first-order chi connectivity index (χ1) is 8.06. The maximum atomic E-state index is 11.9. The van der Waals surface area contributed by atoms with E-state index in [2.05, 4.69) is 5.32 Å². The highest BCUT2D eigenvalue weighted by Crippen LogP contribution is 2.24. The third-order valence-corrected chi connectivity index (χ3v) is 3.18. The summed E-state index contributed by atoms with van der Waals surface area (Å²) in [7, 11) is 0.